The molecule has 1 fully saturated rings. The minimum Gasteiger partial charge on any atom is -0.364 e. The summed E-state index contributed by atoms with van der Waals surface area (Å²) in [6.45, 7) is 0.981. The zero-order valence-corrected chi connectivity index (χ0v) is 7.73. The maximum absolute atomic E-state index is 10.9. The van der Waals surface area contributed by atoms with Crippen molar-refractivity contribution in [3.63, 3.8) is 0 Å². The van der Waals surface area contributed by atoms with E-state index in [-0.39, 0.29) is 11.7 Å². The van der Waals surface area contributed by atoms with Gasteiger partial charge < -0.3 is 11.1 Å². The summed E-state index contributed by atoms with van der Waals surface area (Å²) in [6.07, 6.45) is 3.71. The highest BCUT2D eigenvalue weighted by Gasteiger charge is 2.19. The lowest BCUT2D eigenvalue weighted by Crippen LogP contribution is -2.19. The largest absolute Gasteiger partial charge is 0.364 e. The first-order valence-corrected chi connectivity index (χ1v) is 4.63. The summed E-state index contributed by atoms with van der Waals surface area (Å²) < 4.78 is 0. The molecule has 14 heavy (non-hydrogen) atoms. The maximum Gasteiger partial charge on any atom is 0.267 e. The summed E-state index contributed by atoms with van der Waals surface area (Å²) >= 11 is 0. The van der Waals surface area contributed by atoms with Crippen LogP contribution in [-0.2, 0) is 0 Å². The van der Waals surface area contributed by atoms with E-state index >= 15 is 0 Å². The van der Waals surface area contributed by atoms with Gasteiger partial charge >= 0.3 is 0 Å². The number of nitrogens with zero attached hydrogens (tertiary/aromatic N) is 2. The second-order valence-electron chi connectivity index (χ2n) is 3.31. The Labute approximate surface area is 81.7 Å². The highest BCUT2D eigenvalue weighted by atomic mass is 16.1. The predicted molar refractivity (Wildman–Crippen MR) is 50.5 cm³/mol. The molecule has 2 rings (SSSR count). The highest BCUT2D eigenvalue weighted by Crippen LogP contribution is 2.19. The van der Waals surface area contributed by atoms with Crippen molar-refractivity contribution in [2.24, 2.45) is 5.73 Å². The van der Waals surface area contributed by atoms with Crippen LogP contribution in [0, 0.1) is 0 Å². The molecule has 0 aromatic carbocycles. The third kappa shape index (κ3) is 1.72. The number of carbonyl (C=O) groups is 1. The molecule has 1 amide bonds. The fourth-order valence-electron chi connectivity index (χ4n) is 1.58. The Hall–Kier alpha value is -1.49. The maximum atomic E-state index is 10.9. The molecular weight excluding hydrogens is 180 g/mol. The van der Waals surface area contributed by atoms with Gasteiger partial charge in [-0.05, 0) is 25.5 Å². The first-order chi connectivity index (χ1) is 6.77. The normalized spacial score (nSPS) is 21.0. The molecule has 3 N–H and O–H groups in total. The Morgan fingerprint density at radius 1 is 1.64 bits per heavy atom. The van der Waals surface area contributed by atoms with Crippen LogP contribution in [0.15, 0.2) is 12.3 Å². The van der Waals surface area contributed by atoms with Gasteiger partial charge in [-0.25, -0.2) is 9.97 Å². The van der Waals surface area contributed by atoms with Crippen LogP contribution in [0.25, 0.3) is 0 Å². The second-order valence-corrected chi connectivity index (χ2v) is 3.31. The van der Waals surface area contributed by atoms with Gasteiger partial charge in [-0.15, -0.1) is 0 Å². The number of nitrogens with one attached hydrogen (secondary N) is 1. The van der Waals surface area contributed by atoms with Gasteiger partial charge in [-0.1, -0.05) is 0 Å². The minimum atomic E-state index is -0.508. The van der Waals surface area contributed by atoms with Crippen LogP contribution in [0.5, 0.6) is 0 Å². The van der Waals surface area contributed by atoms with E-state index in [9.17, 15) is 4.79 Å². The fourth-order valence-corrected chi connectivity index (χ4v) is 1.58. The van der Waals surface area contributed by atoms with Crippen molar-refractivity contribution < 1.29 is 4.79 Å². The average molecular weight is 192 g/mol. The molecule has 5 nitrogen and oxygen atoms in total. The van der Waals surface area contributed by atoms with E-state index in [1.165, 1.54) is 6.07 Å². The first kappa shape index (κ1) is 9.08. The van der Waals surface area contributed by atoms with E-state index < -0.39 is 5.91 Å². The molecule has 1 aromatic rings. The quantitative estimate of drug-likeness (QED) is 0.691. The van der Waals surface area contributed by atoms with Crippen LogP contribution >= 0.6 is 0 Å². The van der Waals surface area contributed by atoms with Crippen LogP contribution in [0.3, 0.4) is 0 Å². The summed E-state index contributed by atoms with van der Waals surface area (Å²) in [5, 5.41) is 3.26. The van der Waals surface area contributed by atoms with Gasteiger partial charge in [0.25, 0.3) is 5.91 Å². The molecule has 1 aliphatic rings. The van der Waals surface area contributed by atoms with Crippen LogP contribution < -0.4 is 11.1 Å². The number of amides is 1. The highest BCUT2D eigenvalue weighted by molar-refractivity contribution is 5.90. The van der Waals surface area contributed by atoms with E-state index in [1.54, 1.807) is 6.20 Å². The Bertz CT molecular complexity index is 346. The molecule has 1 saturated heterocycles. The number of nitrogens with two attached hydrogens (primary N) is 1. The van der Waals surface area contributed by atoms with Gasteiger partial charge in [0.1, 0.15) is 11.5 Å². The summed E-state index contributed by atoms with van der Waals surface area (Å²) in [4.78, 5) is 19.1. The van der Waals surface area contributed by atoms with E-state index in [2.05, 4.69) is 15.3 Å². The molecule has 74 valence electrons. The van der Waals surface area contributed by atoms with Gasteiger partial charge in [0.2, 0.25) is 0 Å². The number of carbonyl (C=O) groups excluding carboxylic acids is 1. The molecular formula is C9H12N4O. The molecule has 5 heteroatoms. The first-order valence-electron chi connectivity index (χ1n) is 4.63. The Morgan fingerprint density at radius 2 is 2.50 bits per heavy atom. The van der Waals surface area contributed by atoms with E-state index in [1.807, 2.05) is 0 Å². The molecule has 0 bridgehead atoms. The molecule has 0 spiro atoms. The van der Waals surface area contributed by atoms with Crippen molar-refractivity contribution in [1.82, 2.24) is 15.3 Å². The predicted octanol–water partition coefficient (Wildman–Crippen LogP) is -0.000000000000000167. The smallest absolute Gasteiger partial charge is 0.267 e. The molecule has 1 aromatic heterocycles. The molecule has 1 atom stereocenters. The Kier molecular flexibility index (Phi) is 2.41. The molecule has 0 saturated carbocycles. The summed E-state index contributed by atoms with van der Waals surface area (Å²) in [5.74, 6) is 0.158. The lowest BCUT2D eigenvalue weighted by atomic mass is 10.2. The van der Waals surface area contributed by atoms with Gasteiger partial charge in [0, 0.05) is 6.20 Å². The standard InChI is InChI=1S/C9H12N4O/c10-8(14)6-3-5-12-9(13-6)7-2-1-4-11-7/h3,5,7,11H,1-2,4H2,(H2,10,14). The van der Waals surface area contributed by atoms with Gasteiger partial charge in [-0.2, -0.15) is 0 Å². The third-order valence-corrected chi connectivity index (χ3v) is 2.30. The summed E-state index contributed by atoms with van der Waals surface area (Å²) in [7, 11) is 0. The van der Waals surface area contributed by atoms with Gasteiger partial charge in [-0.3, -0.25) is 4.79 Å². The topological polar surface area (TPSA) is 80.9 Å². The Balaban J connectivity index is 2.25. The SMILES string of the molecule is NC(=O)c1ccnc(C2CCCN2)n1. The van der Waals surface area contributed by atoms with Crippen LogP contribution in [0.1, 0.15) is 35.2 Å². The van der Waals surface area contributed by atoms with Crippen molar-refractivity contribution in [3.8, 4) is 0 Å². The number of hydrogen-bond donors (Lipinski definition) is 2. The Morgan fingerprint density at radius 3 is 3.14 bits per heavy atom. The second kappa shape index (κ2) is 3.71. The third-order valence-electron chi connectivity index (χ3n) is 2.30. The molecule has 0 aliphatic carbocycles. The van der Waals surface area contributed by atoms with Gasteiger partial charge in [0.05, 0.1) is 6.04 Å². The van der Waals surface area contributed by atoms with Crippen LogP contribution in [0.4, 0.5) is 0 Å². The monoisotopic (exact) mass is 192 g/mol. The molecule has 1 aliphatic heterocycles. The zero-order valence-electron chi connectivity index (χ0n) is 7.73. The number of rotatable bonds is 2. The lowest BCUT2D eigenvalue weighted by Gasteiger charge is -2.08. The zero-order chi connectivity index (χ0) is 9.97. The summed E-state index contributed by atoms with van der Waals surface area (Å²) in [5.41, 5.74) is 5.41. The molecule has 0 radical (unpaired) electrons. The lowest BCUT2D eigenvalue weighted by molar-refractivity contribution is 0.0995. The van der Waals surface area contributed by atoms with Crippen molar-refractivity contribution in [2.75, 3.05) is 6.54 Å². The van der Waals surface area contributed by atoms with Crippen LogP contribution in [-0.4, -0.2) is 22.4 Å². The van der Waals surface area contributed by atoms with Crippen LogP contribution in [0.2, 0.25) is 0 Å². The average Bonchev–Trinajstić information content (AvgIpc) is 2.71. The minimum absolute atomic E-state index is 0.175. The van der Waals surface area contributed by atoms with Crippen molar-refractivity contribution in [3.05, 3.63) is 23.8 Å². The van der Waals surface area contributed by atoms with E-state index in [4.69, 9.17) is 5.73 Å². The molecule has 2 heterocycles. The fraction of sp³-hybridized carbons (Fsp3) is 0.444. The molecule has 1 unspecified atom stereocenters. The van der Waals surface area contributed by atoms with E-state index in [0.29, 0.717) is 5.82 Å². The number of primary amides is 1. The number of aromatic nitrogens is 2. The number of hydrogen-bond acceptors (Lipinski definition) is 4. The van der Waals surface area contributed by atoms with Crippen molar-refractivity contribution in [1.29, 1.82) is 0 Å². The van der Waals surface area contributed by atoms with Crippen molar-refractivity contribution >= 4 is 5.91 Å². The summed E-state index contributed by atoms with van der Waals surface area (Å²) in [6, 6.07) is 1.70. The van der Waals surface area contributed by atoms with Gasteiger partial charge in [0.15, 0.2) is 0 Å². The van der Waals surface area contributed by atoms with Crippen molar-refractivity contribution in [2.45, 2.75) is 18.9 Å². The van der Waals surface area contributed by atoms with E-state index in [0.717, 1.165) is 19.4 Å².